The van der Waals surface area contributed by atoms with Crippen LogP contribution in [0.1, 0.15) is 28.6 Å². The van der Waals surface area contributed by atoms with E-state index in [-0.39, 0.29) is 5.91 Å². The number of nitrogens with zero attached hydrogens (tertiary/aromatic N) is 2. The Morgan fingerprint density at radius 1 is 1.40 bits per heavy atom. The number of hydrogen-bond acceptors (Lipinski definition) is 4. The zero-order chi connectivity index (χ0) is 13.9. The minimum absolute atomic E-state index is 0.237. The number of rotatable bonds is 3. The molecule has 1 aromatic heterocycles. The number of thiophene rings is 1. The first kappa shape index (κ1) is 14.0. The van der Waals surface area contributed by atoms with E-state index in [9.17, 15) is 4.79 Å². The molecule has 1 aromatic rings. The first-order valence-corrected chi connectivity index (χ1v) is 8.48. The van der Waals surface area contributed by atoms with E-state index in [0.29, 0.717) is 6.04 Å². The van der Waals surface area contributed by atoms with Gasteiger partial charge in [-0.3, -0.25) is 9.69 Å². The van der Waals surface area contributed by atoms with Gasteiger partial charge in [-0.1, -0.05) is 6.92 Å². The first-order chi connectivity index (χ1) is 9.79. The zero-order valence-corrected chi connectivity index (χ0v) is 12.9. The van der Waals surface area contributed by atoms with E-state index in [2.05, 4.69) is 23.2 Å². The maximum absolute atomic E-state index is 12.6. The van der Waals surface area contributed by atoms with Gasteiger partial charge in [0.05, 0.1) is 4.88 Å². The number of nitrogens with one attached hydrogen (secondary N) is 1. The molecule has 4 nitrogen and oxygen atoms in total. The van der Waals surface area contributed by atoms with Crippen molar-refractivity contribution in [2.24, 2.45) is 0 Å². The smallest absolute Gasteiger partial charge is 0.264 e. The Bertz CT molecular complexity index is 459. The summed E-state index contributed by atoms with van der Waals surface area (Å²) in [4.78, 5) is 18.1. The van der Waals surface area contributed by atoms with E-state index in [1.807, 2.05) is 10.3 Å². The van der Waals surface area contributed by atoms with Gasteiger partial charge in [0.2, 0.25) is 0 Å². The Balaban J connectivity index is 1.59. The van der Waals surface area contributed by atoms with Gasteiger partial charge >= 0.3 is 0 Å². The normalized spacial score (nSPS) is 24.2. The van der Waals surface area contributed by atoms with Crippen LogP contribution < -0.4 is 5.32 Å². The van der Waals surface area contributed by atoms with Gasteiger partial charge in [-0.25, -0.2) is 0 Å². The second kappa shape index (κ2) is 6.24. The summed E-state index contributed by atoms with van der Waals surface area (Å²) in [5, 5.41) is 5.45. The molecule has 1 unspecified atom stereocenters. The molecule has 0 saturated carbocycles. The van der Waals surface area contributed by atoms with Crippen molar-refractivity contribution in [2.45, 2.75) is 25.8 Å². The number of aryl methyl sites for hydroxylation is 1. The third-order valence-electron chi connectivity index (χ3n) is 4.47. The molecule has 0 bridgehead atoms. The predicted octanol–water partition coefficient (Wildman–Crippen LogP) is 1.43. The van der Waals surface area contributed by atoms with Crippen molar-refractivity contribution in [2.75, 3.05) is 39.3 Å². The van der Waals surface area contributed by atoms with Gasteiger partial charge in [0.15, 0.2) is 0 Å². The van der Waals surface area contributed by atoms with Crippen LogP contribution in [0.2, 0.25) is 0 Å². The SMILES string of the molecule is CCc1ccsc1C(=O)N1CCN(C2CCNC2)CC1. The molecular formula is C15H23N3OS. The van der Waals surface area contributed by atoms with Gasteiger partial charge in [-0.05, 0) is 36.4 Å². The summed E-state index contributed by atoms with van der Waals surface area (Å²) in [5.74, 6) is 0.237. The number of hydrogen-bond donors (Lipinski definition) is 1. The van der Waals surface area contributed by atoms with Crippen LogP contribution in [0.4, 0.5) is 0 Å². The summed E-state index contributed by atoms with van der Waals surface area (Å²) < 4.78 is 0. The van der Waals surface area contributed by atoms with Crippen molar-refractivity contribution in [3.63, 3.8) is 0 Å². The Kier molecular flexibility index (Phi) is 4.38. The number of carbonyl (C=O) groups is 1. The molecular weight excluding hydrogens is 270 g/mol. The van der Waals surface area contributed by atoms with Gasteiger partial charge in [0.1, 0.15) is 0 Å². The molecule has 2 aliphatic heterocycles. The molecule has 2 saturated heterocycles. The molecule has 1 amide bonds. The highest BCUT2D eigenvalue weighted by Gasteiger charge is 2.28. The van der Waals surface area contributed by atoms with Crippen molar-refractivity contribution in [1.29, 1.82) is 0 Å². The average Bonchev–Trinajstić information content (AvgIpc) is 3.17. The summed E-state index contributed by atoms with van der Waals surface area (Å²) in [6.45, 7) is 8.14. The van der Waals surface area contributed by atoms with Crippen LogP contribution in [0, 0.1) is 0 Å². The Morgan fingerprint density at radius 2 is 2.20 bits per heavy atom. The molecule has 0 aliphatic carbocycles. The van der Waals surface area contributed by atoms with E-state index in [1.165, 1.54) is 12.0 Å². The lowest BCUT2D eigenvalue weighted by molar-refractivity contribution is 0.0587. The van der Waals surface area contributed by atoms with Crippen molar-refractivity contribution >= 4 is 17.2 Å². The Labute approximate surface area is 124 Å². The summed E-state index contributed by atoms with van der Waals surface area (Å²) in [6.07, 6.45) is 2.19. The molecule has 0 radical (unpaired) electrons. The molecule has 1 atom stereocenters. The predicted molar refractivity (Wildman–Crippen MR) is 82.4 cm³/mol. The van der Waals surface area contributed by atoms with Gasteiger partial charge in [0.25, 0.3) is 5.91 Å². The van der Waals surface area contributed by atoms with E-state index < -0.39 is 0 Å². The van der Waals surface area contributed by atoms with Crippen LogP contribution in [-0.2, 0) is 6.42 Å². The zero-order valence-electron chi connectivity index (χ0n) is 12.1. The lowest BCUT2D eigenvalue weighted by Gasteiger charge is -2.37. The van der Waals surface area contributed by atoms with Crippen LogP contribution in [-0.4, -0.2) is 61.0 Å². The molecule has 3 heterocycles. The molecule has 1 N–H and O–H groups in total. The maximum Gasteiger partial charge on any atom is 0.264 e. The third kappa shape index (κ3) is 2.75. The van der Waals surface area contributed by atoms with E-state index in [1.54, 1.807) is 11.3 Å². The van der Waals surface area contributed by atoms with Crippen molar-refractivity contribution in [1.82, 2.24) is 15.1 Å². The standard InChI is InChI=1S/C15H23N3OS/c1-2-12-4-10-20-14(12)15(19)18-8-6-17(7-9-18)13-3-5-16-11-13/h4,10,13,16H,2-3,5-9,11H2,1H3. The van der Waals surface area contributed by atoms with Gasteiger partial charge < -0.3 is 10.2 Å². The first-order valence-electron chi connectivity index (χ1n) is 7.60. The van der Waals surface area contributed by atoms with E-state index in [4.69, 9.17) is 0 Å². The monoisotopic (exact) mass is 293 g/mol. The van der Waals surface area contributed by atoms with Crippen molar-refractivity contribution in [3.05, 3.63) is 21.9 Å². The summed E-state index contributed by atoms with van der Waals surface area (Å²) >= 11 is 1.59. The minimum Gasteiger partial charge on any atom is -0.335 e. The van der Waals surface area contributed by atoms with Crippen LogP contribution >= 0.6 is 11.3 Å². The van der Waals surface area contributed by atoms with Crippen molar-refractivity contribution in [3.8, 4) is 0 Å². The highest BCUT2D eigenvalue weighted by molar-refractivity contribution is 7.12. The topological polar surface area (TPSA) is 35.6 Å². The summed E-state index contributed by atoms with van der Waals surface area (Å²) in [5.41, 5.74) is 1.20. The van der Waals surface area contributed by atoms with Gasteiger partial charge in [0, 0.05) is 38.8 Å². The lowest BCUT2D eigenvalue weighted by atomic mass is 10.1. The number of amides is 1. The fourth-order valence-electron chi connectivity index (χ4n) is 3.19. The fraction of sp³-hybridized carbons (Fsp3) is 0.667. The molecule has 20 heavy (non-hydrogen) atoms. The Morgan fingerprint density at radius 3 is 2.85 bits per heavy atom. The molecule has 110 valence electrons. The molecule has 0 spiro atoms. The average molecular weight is 293 g/mol. The molecule has 0 aromatic carbocycles. The third-order valence-corrected chi connectivity index (χ3v) is 5.42. The van der Waals surface area contributed by atoms with Crippen molar-refractivity contribution < 1.29 is 4.79 Å². The molecule has 2 aliphatic rings. The highest BCUT2D eigenvalue weighted by atomic mass is 32.1. The lowest BCUT2D eigenvalue weighted by Crippen LogP contribution is -2.52. The second-order valence-electron chi connectivity index (χ2n) is 5.60. The molecule has 3 rings (SSSR count). The van der Waals surface area contributed by atoms with Crippen LogP contribution in [0.15, 0.2) is 11.4 Å². The summed E-state index contributed by atoms with van der Waals surface area (Å²) in [6, 6.07) is 2.76. The molecule has 5 heteroatoms. The van der Waals surface area contributed by atoms with Crippen LogP contribution in [0.3, 0.4) is 0 Å². The van der Waals surface area contributed by atoms with Gasteiger partial charge in [-0.15, -0.1) is 11.3 Å². The number of carbonyl (C=O) groups excluding carboxylic acids is 1. The van der Waals surface area contributed by atoms with E-state index in [0.717, 1.165) is 50.6 Å². The van der Waals surface area contributed by atoms with E-state index >= 15 is 0 Å². The minimum atomic E-state index is 0.237. The largest absolute Gasteiger partial charge is 0.335 e. The highest BCUT2D eigenvalue weighted by Crippen LogP contribution is 2.21. The van der Waals surface area contributed by atoms with Crippen LogP contribution in [0.5, 0.6) is 0 Å². The van der Waals surface area contributed by atoms with Crippen LogP contribution in [0.25, 0.3) is 0 Å². The van der Waals surface area contributed by atoms with Gasteiger partial charge in [-0.2, -0.15) is 0 Å². The quantitative estimate of drug-likeness (QED) is 0.916. The maximum atomic E-state index is 12.6. The fourth-order valence-corrected chi connectivity index (χ4v) is 4.15. The Hall–Kier alpha value is -0.910. The summed E-state index contributed by atoms with van der Waals surface area (Å²) in [7, 11) is 0. The molecule has 2 fully saturated rings. The second-order valence-corrected chi connectivity index (χ2v) is 6.52. The number of piperazine rings is 1.